The van der Waals surface area contributed by atoms with Gasteiger partial charge in [0, 0.05) is 11.5 Å². The van der Waals surface area contributed by atoms with E-state index < -0.39 is 0 Å². The summed E-state index contributed by atoms with van der Waals surface area (Å²) >= 11 is 0. The minimum atomic E-state index is -0.376. The van der Waals surface area contributed by atoms with Crippen LogP contribution < -0.4 is 51.4 Å². The molecule has 0 unspecified atom stereocenters. The molecule has 3 heteroatoms. The summed E-state index contributed by atoms with van der Waals surface area (Å²) in [5.74, 6) is -0.0648. The van der Waals surface area contributed by atoms with Crippen LogP contribution in [0.2, 0.25) is 0 Å². The van der Waals surface area contributed by atoms with Crippen LogP contribution in [-0.2, 0) is 4.79 Å². The van der Waals surface area contributed by atoms with E-state index in [2.05, 4.69) is 0 Å². The number of ketones is 1. The molecule has 0 spiro atoms. The molecule has 0 aliphatic rings. The van der Waals surface area contributed by atoms with Gasteiger partial charge in [0.05, 0.1) is 6.26 Å². The Morgan fingerprint density at radius 2 is 1.90 bits per heavy atom. The van der Waals surface area contributed by atoms with Gasteiger partial charge in [-0.1, -0.05) is 20.8 Å². The predicted octanol–water partition coefficient (Wildman–Crippen LogP) is -1.21. The molecule has 10 heavy (non-hydrogen) atoms. The number of hydrogen-bond donors (Lipinski definition) is 1. The van der Waals surface area contributed by atoms with Gasteiger partial charge in [-0.2, -0.15) is 0 Å². The minimum absolute atomic E-state index is 0. The van der Waals surface area contributed by atoms with Crippen LogP contribution >= 0.6 is 0 Å². The van der Waals surface area contributed by atoms with E-state index in [0.29, 0.717) is 0 Å². The molecule has 2 nitrogen and oxygen atoms in total. The van der Waals surface area contributed by atoms with Crippen LogP contribution in [0, 0.1) is 5.41 Å². The van der Waals surface area contributed by atoms with Gasteiger partial charge in [0.1, 0.15) is 0 Å². The molecule has 0 saturated heterocycles. The van der Waals surface area contributed by atoms with E-state index >= 15 is 0 Å². The molecule has 0 aromatic heterocycles. The molecule has 0 aromatic carbocycles. The van der Waals surface area contributed by atoms with E-state index in [4.69, 9.17) is 5.11 Å². The van der Waals surface area contributed by atoms with E-state index in [0.717, 1.165) is 6.26 Å². The molecule has 0 heterocycles. The molecule has 0 aliphatic heterocycles. The van der Waals surface area contributed by atoms with E-state index in [1.54, 1.807) is 20.8 Å². The van der Waals surface area contributed by atoms with E-state index in [1.807, 2.05) is 0 Å². The van der Waals surface area contributed by atoms with Gasteiger partial charge >= 0.3 is 51.4 Å². The van der Waals surface area contributed by atoms with Gasteiger partial charge < -0.3 is 6.53 Å². The third-order valence-electron chi connectivity index (χ3n) is 0.965. The maximum Gasteiger partial charge on any atom is 1.00 e. The second-order valence-corrected chi connectivity index (χ2v) is 2.93. The van der Waals surface area contributed by atoms with Crippen molar-refractivity contribution >= 4 is 5.78 Å². The van der Waals surface area contributed by atoms with Gasteiger partial charge in [-0.25, -0.2) is 0 Å². The summed E-state index contributed by atoms with van der Waals surface area (Å²) in [5, 5.41) is 8.20. The van der Waals surface area contributed by atoms with Crippen molar-refractivity contribution < 1.29 is 62.7 Å². The molecule has 0 fully saturated rings. The van der Waals surface area contributed by atoms with Crippen molar-refractivity contribution in [2.24, 2.45) is 5.41 Å². The summed E-state index contributed by atoms with van der Waals surface area (Å²) in [6.45, 7) is 5.40. The Morgan fingerprint density at radius 1 is 1.50 bits per heavy atom. The molecular formula is C7H13KO2. The maximum atomic E-state index is 10.8. The summed E-state index contributed by atoms with van der Waals surface area (Å²) < 4.78 is 0. The Morgan fingerprint density at radius 3 is 2.00 bits per heavy atom. The number of hydrogen-bond acceptors (Lipinski definition) is 2. The Kier molecular flexibility index (Phi) is 7.38. The Bertz CT molecular complexity index is 138. The van der Waals surface area contributed by atoms with Gasteiger partial charge in [0.25, 0.3) is 0 Å². The molecule has 1 N–H and O–H groups in total. The fourth-order valence-electron chi connectivity index (χ4n) is 0.318. The Labute approximate surface area is 106 Å². The number of allylic oxidation sites excluding steroid dienone is 1. The summed E-state index contributed by atoms with van der Waals surface area (Å²) in [5.41, 5.74) is -0.376. The number of aliphatic hydroxyl groups excluding tert-OH is 1. The Balaban J connectivity index is -0.000000320. The van der Waals surface area contributed by atoms with E-state index in [-0.39, 0.29) is 64.0 Å². The van der Waals surface area contributed by atoms with Gasteiger partial charge in [0.2, 0.25) is 0 Å². The van der Waals surface area contributed by atoms with Crippen LogP contribution in [0.5, 0.6) is 0 Å². The first kappa shape index (κ1) is 13.4. The first-order valence-corrected chi connectivity index (χ1v) is 2.83. The number of rotatable bonds is 1. The fourth-order valence-corrected chi connectivity index (χ4v) is 0.318. The van der Waals surface area contributed by atoms with Crippen LogP contribution in [0.1, 0.15) is 22.2 Å². The molecule has 0 amide bonds. The monoisotopic (exact) mass is 168 g/mol. The van der Waals surface area contributed by atoms with Gasteiger partial charge in [0.15, 0.2) is 5.78 Å². The SMILES string of the molecule is CC(C)(C)C(=O)C=CO.[H-].[K+]. The van der Waals surface area contributed by atoms with E-state index in [1.165, 1.54) is 6.08 Å². The third kappa shape index (κ3) is 5.62. The topological polar surface area (TPSA) is 37.3 Å². The van der Waals surface area contributed by atoms with Crippen molar-refractivity contribution in [3.05, 3.63) is 12.3 Å². The number of carbonyl (C=O) groups is 1. The predicted molar refractivity (Wildman–Crippen MR) is 37.3 cm³/mol. The number of carbonyl (C=O) groups excluding carboxylic acids is 1. The summed E-state index contributed by atoms with van der Waals surface area (Å²) in [7, 11) is 0. The van der Waals surface area contributed by atoms with Gasteiger partial charge in [-0.3, -0.25) is 4.79 Å². The van der Waals surface area contributed by atoms with Crippen LogP contribution in [-0.4, -0.2) is 10.9 Å². The van der Waals surface area contributed by atoms with Crippen molar-refractivity contribution in [1.82, 2.24) is 0 Å². The molecule has 54 valence electrons. The molecule has 0 aromatic rings. The first-order chi connectivity index (χ1) is 3.98. The second-order valence-electron chi connectivity index (χ2n) is 2.93. The standard InChI is InChI=1S/C7H12O2.K.H/c1-7(2,3)6(9)4-5-8;;/h4-5,8H,1-3H3;;/q;+1;-1. The zero-order valence-corrected chi connectivity index (χ0v) is 10.1. The molecule has 0 aliphatic carbocycles. The Hall–Kier alpha value is 0.846. The largest absolute Gasteiger partial charge is 1.00 e. The van der Waals surface area contributed by atoms with Crippen molar-refractivity contribution in [1.29, 1.82) is 0 Å². The first-order valence-electron chi connectivity index (χ1n) is 2.83. The quantitative estimate of drug-likeness (QED) is 0.303. The smallest absolute Gasteiger partial charge is 1.00 e. The van der Waals surface area contributed by atoms with Crippen molar-refractivity contribution in [3.8, 4) is 0 Å². The zero-order chi connectivity index (χ0) is 7.49. The summed E-state index contributed by atoms with van der Waals surface area (Å²) in [6.07, 6.45) is 1.94. The molecule has 0 saturated carbocycles. The van der Waals surface area contributed by atoms with Crippen LogP contribution in [0.15, 0.2) is 12.3 Å². The average Bonchev–Trinajstić information content (AvgIpc) is 1.64. The normalized spacial score (nSPS) is 11.1. The minimum Gasteiger partial charge on any atom is -1.00 e. The van der Waals surface area contributed by atoms with Gasteiger partial charge in [-0.05, 0) is 0 Å². The second kappa shape index (κ2) is 5.49. The van der Waals surface area contributed by atoms with E-state index in [9.17, 15) is 4.79 Å². The van der Waals surface area contributed by atoms with Crippen LogP contribution in [0.25, 0.3) is 0 Å². The van der Waals surface area contributed by atoms with Gasteiger partial charge in [-0.15, -0.1) is 0 Å². The van der Waals surface area contributed by atoms with Crippen molar-refractivity contribution in [2.75, 3.05) is 0 Å². The fraction of sp³-hybridized carbons (Fsp3) is 0.571. The summed E-state index contributed by atoms with van der Waals surface area (Å²) in [6, 6.07) is 0. The molecule has 0 rings (SSSR count). The molecular weight excluding hydrogens is 155 g/mol. The molecule has 0 bridgehead atoms. The third-order valence-corrected chi connectivity index (χ3v) is 0.965. The molecule has 0 atom stereocenters. The van der Waals surface area contributed by atoms with Crippen molar-refractivity contribution in [2.45, 2.75) is 20.8 Å². The van der Waals surface area contributed by atoms with Crippen LogP contribution in [0.4, 0.5) is 0 Å². The van der Waals surface area contributed by atoms with Crippen LogP contribution in [0.3, 0.4) is 0 Å². The maximum absolute atomic E-state index is 10.8. The average molecular weight is 168 g/mol. The zero-order valence-electron chi connectivity index (χ0n) is 8.01. The number of aliphatic hydroxyl groups is 1. The molecule has 0 radical (unpaired) electrons. The van der Waals surface area contributed by atoms with Crippen molar-refractivity contribution in [3.63, 3.8) is 0 Å². The summed E-state index contributed by atoms with van der Waals surface area (Å²) in [4.78, 5) is 10.8.